The first kappa shape index (κ1) is 9.19. The molecular formula is C10H8O3. The standard InChI is InChI=1S/C10H8O3/c11-7-3-5-9-4-1-2-6-10(9)13-8-12/h1-8H. The highest BCUT2D eigenvalue weighted by atomic mass is 16.5. The average molecular weight is 176 g/mol. The molecule has 1 rings (SSSR count). The van der Waals surface area contributed by atoms with E-state index in [1.54, 1.807) is 30.3 Å². The monoisotopic (exact) mass is 176 g/mol. The minimum absolute atomic E-state index is 0.355. The van der Waals surface area contributed by atoms with Crippen LogP contribution in [0.15, 0.2) is 30.3 Å². The number of allylic oxidation sites excluding steroid dienone is 1. The van der Waals surface area contributed by atoms with Gasteiger partial charge in [-0.1, -0.05) is 18.2 Å². The van der Waals surface area contributed by atoms with Gasteiger partial charge in [-0.25, -0.2) is 0 Å². The molecule has 0 heterocycles. The van der Waals surface area contributed by atoms with E-state index in [1.165, 1.54) is 6.08 Å². The van der Waals surface area contributed by atoms with Crippen molar-refractivity contribution in [3.8, 4) is 5.75 Å². The predicted molar refractivity (Wildman–Crippen MR) is 48.2 cm³/mol. The van der Waals surface area contributed by atoms with Crippen molar-refractivity contribution in [3.05, 3.63) is 35.9 Å². The second-order valence-electron chi connectivity index (χ2n) is 2.25. The molecule has 0 radical (unpaired) electrons. The molecule has 66 valence electrons. The second kappa shape index (κ2) is 4.87. The molecule has 1 aromatic rings. The van der Waals surface area contributed by atoms with Gasteiger partial charge in [-0.2, -0.15) is 0 Å². The van der Waals surface area contributed by atoms with Crippen LogP contribution in [0.3, 0.4) is 0 Å². The third kappa shape index (κ3) is 2.56. The number of carbonyl (C=O) groups excluding carboxylic acids is 2. The molecule has 13 heavy (non-hydrogen) atoms. The van der Waals surface area contributed by atoms with Gasteiger partial charge in [-0.3, -0.25) is 9.59 Å². The third-order valence-electron chi connectivity index (χ3n) is 1.45. The number of benzene rings is 1. The van der Waals surface area contributed by atoms with Crippen LogP contribution in [0.25, 0.3) is 6.08 Å². The molecule has 0 saturated carbocycles. The van der Waals surface area contributed by atoms with Gasteiger partial charge in [-0.05, 0) is 18.2 Å². The normalized spacial score (nSPS) is 9.85. The number of hydrogen-bond acceptors (Lipinski definition) is 3. The summed E-state index contributed by atoms with van der Waals surface area (Å²) < 4.78 is 4.69. The van der Waals surface area contributed by atoms with Gasteiger partial charge >= 0.3 is 0 Å². The predicted octanol–water partition coefficient (Wildman–Crippen LogP) is 1.43. The highest BCUT2D eigenvalue weighted by Crippen LogP contribution is 2.18. The maximum Gasteiger partial charge on any atom is 0.298 e. The second-order valence-corrected chi connectivity index (χ2v) is 2.25. The van der Waals surface area contributed by atoms with Crippen molar-refractivity contribution < 1.29 is 14.3 Å². The first-order valence-corrected chi connectivity index (χ1v) is 3.69. The van der Waals surface area contributed by atoms with Gasteiger partial charge in [0.15, 0.2) is 0 Å². The summed E-state index contributed by atoms with van der Waals surface area (Å²) in [5.74, 6) is 0.440. The van der Waals surface area contributed by atoms with Crippen molar-refractivity contribution in [3.63, 3.8) is 0 Å². The Hall–Kier alpha value is -1.90. The van der Waals surface area contributed by atoms with Crippen molar-refractivity contribution in [2.24, 2.45) is 0 Å². The summed E-state index contributed by atoms with van der Waals surface area (Å²) in [6.07, 6.45) is 3.58. The average Bonchev–Trinajstić information content (AvgIpc) is 2.17. The van der Waals surface area contributed by atoms with Crippen molar-refractivity contribution >= 4 is 18.8 Å². The highest BCUT2D eigenvalue weighted by Gasteiger charge is 1.97. The lowest BCUT2D eigenvalue weighted by Gasteiger charge is -2.00. The molecule has 0 spiro atoms. The SMILES string of the molecule is O=CC=Cc1ccccc1OC=O. The van der Waals surface area contributed by atoms with Crippen LogP contribution in [0, 0.1) is 0 Å². The topological polar surface area (TPSA) is 43.4 Å². The van der Waals surface area contributed by atoms with E-state index in [2.05, 4.69) is 4.74 Å². The largest absolute Gasteiger partial charge is 0.428 e. The summed E-state index contributed by atoms with van der Waals surface area (Å²) in [5.41, 5.74) is 0.696. The Labute approximate surface area is 75.6 Å². The molecule has 0 saturated heterocycles. The first-order valence-electron chi connectivity index (χ1n) is 3.69. The Balaban J connectivity index is 2.96. The molecule has 0 atom stereocenters. The van der Waals surface area contributed by atoms with Gasteiger partial charge in [0.25, 0.3) is 6.47 Å². The van der Waals surface area contributed by atoms with E-state index in [1.807, 2.05) is 0 Å². The van der Waals surface area contributed by atoms with E-state index in [-0.39, 0.29) is 0 Å². The number of para-hydroxylation sites is 1. The van der Waals surface area contributed by atoms with Crippen molar-refractivity contribution in [2.75, 3.05) is 0 Å². The van der Waals surface area contributed by atoms with E-state index in [4.69, 9.17) is 0 Å². The molecule has 0 unspecified atom stereocenters. The molecule has 1 aromatic carbocycles. The van der Waals surface area contributed by atoms with Crippen molar-refractivity contribution in [1.82, 2.24) is 0 Å². The zero-order valence-electron chi connectivity index (χ0n) is 6.84. The van der Waals surface area contributed by atoms with Gasteiger partial charge in [-0.15, -0.1) is 0 Å². The van der Waals surface area contributed by atoms with Crippen LogP contribution in [0.1, 0.15) is 5.56 Å². The highest BCUT2D eigenvalue weighted by molar-refractivity contribution is 5.75. The Morgan fingerprint density at radius 3 is 2.62 bits per heavy atom. The molecule has 0 amide bonds. The van der Waals surface area contributed by atoms with Crippen LogP contribution in [-0.4, -0.2) is 12.8 Å². The molecule has 0 aliphatic carbocycles. The zero-order valence-corrected chi connectivity index (χ0v) is 6.84. The molecule has 0 bridgehead atoms. The van der Waals surface area contributed by atoms with Gasteiger partial charge in [0.05, 0.1) is 0 Å². The Bertz CT molecular complexity index is 329. The number of aldehydes is 1. The Morgan fingerprint density at radius 2 is 1.92 bits per heavy atom. The lowest BCUT2D eigenvalue weighted by atomic mass is 10.2. The van der Waals surface area contributed by atoms with Gasteiger partial charge < -0.3 is 4.74 Å². The fourth-order valence-electron chi connectivity index (χ4n) is 0.920. The quantitative estimate of drug-likeness (QED) is 0.515. The molecule has 0 aromatic heterocycles. The number of hydrogen-bond donors (Lipinski definition) is 0. The van der Waals surface area contributed by atoms with Crippen LogP contribution in [0.4, 0.5) is 0 Å². The first-order chi connectivity index (χ1) is 6.38. The van der Waals surface area contributed by atoms with Crippen LogP contribution < -0.4 is 4.74 Å². The maximum absolute atomic E-state index is 10.1. The van der Waals surface area contributed by atoms with Crippen molar-refractivity contribution in [1.29, 1.82) is 0 Å². The van der Waals surface area contributed by atoms with E-state index in [0.29, 0.717) is 24.1 Å². The Morgan fingerprint density at radius 1 is 1.15 bits per heavy atom. The summed E-state index contributed by atoms with van der Waals surface area (Å²) in [6.45, 7) is 0.355. The lowest BCUT2D eigenvalue weighted by Crippen LogP contribution is -1.90. The number of rotatable bonds is 4. The molecular weight excluding hydrogens is 168 g/mol. The summed E-state index contributed by atoms with van der Waals surface area (Å²) in [6, 6.07) is 6.94. The maximum atomic E-state index is 10.1. The van der Waals surface area contributed by atoms with Crippen LogP contribution in [0.5, 0.6) is 5.75 Å². The lowest BCUT2D eigenvalue weighted by molar-refractivity contribution is -0.120. The third-order valence-corrected chi connectivity index (χ3v) is 1.45. The van der Waals surface area contributed by atoms with E-state index in [0.717, 1.165) is 0 Å². The molecule has 0 aliphatic rings. The minimum atomic E-state index is 0.355. The molecule has 3 nitrogen and oxygen atoms in total. The Kier molecular flexibility index (Phi) is 3.45. The molecule has 0 fully saturated rings. The minimum Gasteiger partial charge on any atom is -0.428 e. The van der Waals surface area contributed by atoms with Gasteiger partial charge in [0.1, 0.15) is 12.0 Å². The fourth-order valence-corrected chi connectivity index (χ4v) is 0.920. The van der Waals surface area contributed by atoms with E-state index in [9.17, 15) is 9.59 Å². The van der Waals surface area contributed by atoms with Gasteiger partial charge in [0.2, 0.25) is 0 Å². The number of carbonyl (C=O) groups is 2. The zero-order chi connectivity index (χ0) is 9.52. The summed E-state index contributed by atoms with van der Waals surface area (Å²) in [5, 5.41) is 0. The fraction of sp³-hybridized carbons (Fsp3) is 0. The summed E-state index contributed by atoms with van der Waals surface area (Å²) in [7, 11) is 0. The number of ether oxygens (including phenoxy) is 1. The van der Waals surface area contributed by atoms with Crippen molar-refractivity contribution in [2.45, 2.75) is 0 Å². The smallest absolute Gasteiger partial charge is 0.298 e. The van der Waals surface area contributed by atoms with Crippen LogP contribution in [-0.2, 0) is 9.59 Å². The summed E-state index contributed by atoms with van der Waals surface area (Å²) in [4.78, 5) is 20.1. The molecule has 3 heteroatoms. The van der Waals surface area contributed by atoms with E-state index >= 15 is 0 Å². The van der Waals surface area contributed by atoms with Crippen LogP contribution in [0.2, 0.25) is 0 Å². The molecule has 0 aliphatic heterocycles. The van der Waals surface area contributed by atoms with E-state index < -0.39 is 0 Å². The summed E-state index contributed by atoms with van der Waals surface area (Å²) >= 11 is 0. The van der Waals surface area contributed by atoms with Gasteiger partial charge in [0, 0.05) is 5.56 Å². The van der Waals surface area contributed by atoms with Crippen LogP contribution >= 0.6 is 0 Å². The molecule has 0 N–H and O–H groups in total.